The maximum absolute atomic E-state index is 12.5. The molecule has 3 aromatic rings. The number of carbonyl (C=O) groups excluding carboxylic acids is 1. The second kappa shape index (κ2) is 9.02. The molecular formula is C21H22N4O2. The number of benzene rings is 2. The lowest BCUT2D eigenvalue weighted by Gasteiger charge is -2.12. The highest BCUT2D eigenvalue weighted by Gasteiger charge is 2.12. The summed E-state index contributed by atoms with van der Waals surface area (Å²) in [5.41, 5.74) is 4.88. The van der Waals surface area contributed by atoms with Gasteiger partial charge >= 0.3 is 0 Å². The quantitative estimate of drug-likeness (QED) is 0.563. The van der Waals surface area contributed by atoms with Crippen LogP contribution in [-0.4, -0.2) is 34.4 Å². The predicted molar refractivity (Wildman–Crippen MR) is 105 cm³/mol. The van der Waals surface area contributed by atoms with Gasteiger partial charge in [0.1, 0.15) is 0 Å². The van der Waals surface area contributed by atoms with Crippen LogP contribution >= 0.6 is 0 Å². The molecule has 27 heavy (non-hydrogen) atoms. The van der Waals surface area contributed by atoms with Crippen molar-refractivity contribution in [1.82, 2.24) is 15.5 Å². The summed E-state index contributed by atoms with van der Waals surface area (Å²) >= 11 is 0. The fourth-order valence-corrected chi connectivity index (χ4v) is 2.76. The molecule has 1 aromatic heterocycles. The molecule has 0 saturated carbocycles. The average molecular weight is 362 g/mol. The van der Waals surface area contributed by atoms with Crippen molar-refractivity contribution in [2.24, 2.45) is 0 Å². The number of aliphatic hydroxyl groups excluding tert-OH is 1. The van der Waals surface area contributed by atoms with Crippen LogP contribution in [0.2, 0.25) is 0 Å². The Bertz CT molecular complexity index is 896. The van der Waals surface area contributed by atoms with Crippen molar-refractivity contribution in [3.63, 3.8) is 0 Å². The molecule has 0 bridgehead atoms. The van der Waals surface area contributed by atoms with Gasteiger partial charge in [0.15, 0.2) is 5.69 Å². The first-order valence-electron chi connectivity index (χ1n) is 8.79. The summed E-state index contributed by atoms with van der Waals surface area (Å²) in [6, 6.07) is 19.3. The Morgan fingerprint density at radius 2 is 1.81 bits per heavy atom. The van der Waals surface area contributed by atoms with E-state index in [0.29, 0.717) is 18.8 Å². The molecule has 2 aromatic carbocycles. The zero-order chi connectivity index (χ0) is 19.1. The lowest BCUT2D eigenvalue weighted by Crippen LogP contribution is -2.20. The fourth-order valence-electron chi connectivity index (χ4n) is 2.76. The number of aliphatic hydroxyl groups is 1. The molecule has 0 aliphatic rings. The van der Waals surface area contributed by atoms with Crippen molar-refractivity contribution in [2.45, 2.75) is 13.5 Å². The van der Waals surface area contributed by atoms with E-state index < -0.39 is 0 Å². The van der Waals surface area contributed by atoms with E-state index in [9.17, 15) is 4.79 Å². The summed E-state index contributed by atoms with van der Waals surface area (Å²) < 4.78 is 0. The van der Waals surface area contributed by atoms with Gasteiger partial charge in [0.25, 0.3) is 5.91 Å². The Balaban J connectivity index is 1.73. The first-order valence-corrected chi connectivity index (χ1v) is 8.79. The molecule has 0 aliphatic carbocycles. The normalized spacial score (nSPS) is 10.6. The third kappa shape index (κ3) is 4.75. The maximum Gasteiger partial charge on any atom is 0.276 e. The zero-order valence-corrected chi connectivity index (χ0v) is 15.1. The number of anilines is 1. The SMILES string of the molecule is Cc1c(NC(=O)c2ccc(CNCCO)nn2)cccc1-c1ccccc1. The highest BCUT2D eigenvalue weighted by atomic mass is 16.3. The summed E-state index contributed by atoms with van der Waals surface area (Å²) in [6.07, 6.45) is 0. The van der Waals surface area contributed by atoms with E-state index in [2.05, 4.69) is 20.8 Å². The number of hydrogen-bond acceptors (Lipinski definition) is 5. The Hall–Kier alpha value is -3.09. The van der Waals surface area contributed by atoms with Gasteiger partial charge in [-0.05, 0) is 41.8 Å². The van der Waals surface area contributed by atoms with E-state index in [1.165, 1.54) is 0 Å². The van der Waals surface area contributed by atoms with Crippen LogP contribution in [0.1, 0.15) is 21.7 Å². The van der Waals surface area contributed by atoms with E-state index in [-0.39, 0.29) is 18.2 Å². The molecule has 0 aliphatic heterocycles. The Labute approximate surface area is 158 Å². The van der Waals surface area contributed by atoms with Gasteiger partial charge in [0.2, 0.25) is 0 Å². The van der Waals surface area contributed by atoms with Gasteiger partial charge in [-0.15, -0.1) is 5.10 Å². The van der Waals surface area contributed by atoms with Gasteiger partial charge in [0, 0.05) is 18.8 Å². The van der Waals surface area contributed by atoms with Crippen molar-refractivity contribution in [3.05, 3.63) is 77.6 Å². The molecule has 1 amide bonds. The molecule has 6 heteroatoms. The zero-order valence-electron chi connectivity index (χ0n) is 15.1. The van der Waals surface area contributed by atoms with Gasteiger partial charge < -0.3 is 15.7 Å². The monoisotopic (exact) mass is 362 g/mol. The van der Waals surface area contributed by atoms with Crippen LogP contribution < -0.4 is 10.6 Å². The predicted octanol–water partition coefficient (Wildman–Crippen LogP) is 2.79. The molecule has 138 valence electrons. The summed E-state index contributed by atoms with van der Waals surface area (Å²) in [7, 11) is 0. The van der Waals surface area contributed by atoms with Gasteiger partial charge in [-0.2, -0.15) is 5.10 Å². The first-order chi connectivity index (χ1) is 13.2. The van der Waals surface area contributed by atoms with Crippen LogP contribution in [0.5, 0.6) is 0 Å². The summed E-state index contributed by atoms with van der Waals surface area (Å²) in [6.45, 7) is 3.03. The molecule has 0 radical (unpaired) electrons. The van der Waals surface area contributed by atoms with Crippen LogP contribution in [0.3, 0.4) is 0 Å². The lowest BCUT2D eigenvalue weighted by atomic mass is 9.99. The van der Waals surface area contributed by atoms with Crippen molar-refractivity contribution < 1.29 is 9.90 Å². The summed E-state index contributed by atoms with van der Waals surface area (Å²) in [5.74, 6) is -0.300. The second-order valence-corrected chi connectivity index (χ2v) is 6.11. The molecular weight excluding hydrogens is 340 g/mol. The summed E-state index contributed by atoms with van der Waals surface area (Å²) in [5, 5.41) is 22.7. The standard InChI is InChI=1S/C21H22N4O2/c1-15-18(16-6-3-2-4-7-16)8-5-9-19(15)23-21(27)20-11-10-17(24-25-20)14-22-12-13-26/h2-11,22,26H,12-14H2,1H3,(H,23,27). The Kier molecular flexibility index (Phi) is 6.25. The minimum Gasteiger partial charge on any atom is -0.395 e. The van der Waals surface area contributed by atoms with Crippen LogP contribution in [0.15, 0.2) is 60.7 Å². The van der Waals surface area contributed by atoms with Crippen molar-refractivity contribution in [3.8, 4) is 11.1 Å². The van der Waals surface area contributed by atoms with Crippen LogP contribution in [0, 0.1) is 6.92 Å². The van der Waals surface area contributed by atoms with Gasteiger partial charge in [-0.3, -0.25) is 4.79 Å². The topological polar surface area (TPSA) is 87.1 Å². The number of amides is 1. The number of aromatic nitrogens is 2. The van der Waals surface area contributed by atoms with Crippen molar-refractivity contribution >= 4 is 11.6 Å². The third-order valence-corrected chi connectivity index (χ3v) is 4.21. The molecule has 0 atom stereocenters. The van der Waals surface area contributed by atoms with Crippen LogP contribution in [0.4, 0.5) is 5.69 Å². The van der Waals surface area contributed by atoms with Gasteiger partial charge in [0.05, 0.1) is 12.3 Å². The van der Waals surface area contributed by atoms with Crippen LogP contribution in [0.25, 0.3) is 11.1 Å². The third-order valence-electron chi connectivity index (χ3n) is 4.21. The summed E-state index contributed by atoms with van der Waals surface area (Å²) in [4.78, 5) is 12.5. The minimum absolute atomic E-state index is 0.0648. The fraction of sp³-hybridized carbons (Fsp3) is 0.190. The molecule has 0 saturated heterocycles. The number of nitrogens with zero attached hydrogens (tertiary/aromatic N) is 2. The Morgan fingerprint density at radius 1 is 1.00 bits per heavy atom. The van der Waals surface area contributed by atoms with Gasteiger partial charge in [-0.25, -0.2) is 0 Å². The Morgan fingerprint density at radius 3 is 2.52 bits per heavy atom. The van der Waals surface area contributed by atoms with E-state index in [1.807, 2.05) is 55.5 Å². The molecule has 6 nitrogen and oxygen atoms in total. The molecule has 3 rings (SSSR count). The molecule has 0 spiro atoms. The highest BCUT2D eigenvalue weighted by molar-refractivity contribution is 6.03. The van der Waals surface area contributed by atoms with E-state index in [1.54, 1.807) is 12.1 Å². The maximum atomic E-state index is 12.5. The molecule has 0 fully saturated rings. The first kappa shape index (κ1) is 18.7. The number of nitrogens with one attached hydrogen (secondary N) is 2. The van der Waals surface area contributed by atoms with E-state index in [0.717, 1.165) is 22.4 Å². The van der Waals surface area contributed by atoms with Crippen molar-refractivity contribution in [2.75, 3.05) is 18.5 Å². The molecule has 0 unspecified atom stereocenters. The lowest BCUT2D eigenvalue weighted by molar-refractivity contribution is 0.102. The average Bonchev–Trinajstić information content (AvgIpc) is 2.71. The minimum atomic E-state index is -0.300. The number of hydrogen-bond donors (Lipinski definition) is 3. The van der Waals surface area contributed by atoms with Crippen molar-refractivity contribution in [1.29, 1.82) is 0 Å². The second-order valence-electron chi connectivity index (χ2n) is 6.11. The number of carbonyl (C=O) groups is 1. The molecule has 1 heterocycles. The van der Waals surface area contributed by atoms with Gasteiger partial charge in [-0.1, -0.05) is 42.5 Å². The smallest absolute Gasteiger partial charge is 0.276 e. The van der Waals surface area contributed by atoms with E-state index >= 15 is 0 Å². The van der Waals surface area contributed by atoms with E-state index in [4.69, 9.17) is 5.11 Å². The van der Waals surface area contributed by atoms with Crippen LogP contribution in [-0.2, 0) is 6.54 Å². The molecule has 3 N–H and O–H groups in total. The largest absolute Gasteiger partial charge is 0.395 e. The highest BCUT2D eigenvalue weighted by Crippen LogP contribution is 2.28. The number of rotatable bonds is 7.